The van der Waals surface area contributed by atoms with Crippen molar-refractivity contribution in [3.8, 4) is 16.9 Å². The quantitative estimate of drug-likeness (QED) is 0.545. The highest BCUT2D eigenvalue weighted by Crippen LogP contribution is 2.39. The van der Waals surface area contributed by atoms with E-state index in [-0.39, 0.29) is 17.0 Å². The third kappa shape index (κ3) is 4.12. The predicted molar refractivity (Wildman–Crippen MR) is 132 cm³/mol. The van der Waals surface area contributed by atoms with E-state index in [0.29, 0.717) is 24.3 Å². The Bertz CT molecular complexity index is 1390. The summed E-state index contributed by atoms with van der Waals surface area (Å²) in [4.78, 5) is 26.8. The number of benzene rings is 3. The fourth-order valence-electron chi connectivity index (χ4n) is 4.56. The second-order valence-corrected chi connectivity index (χ2v) is 10.5. The molecule has 0 aliphatic carbocycles. The van der Waals surface area contributed by atoms with E-state index in [2.05, 4.69) is 10.6 Å². The summed E-state index contributed by atoms with van der Waals surface area (Å²) in [6, 6.07) is 18.4. The molecule has 3 aromatic carbocycles. The first-order valence-electron chi connectivity index (χ1n) is 11.4. The Kier molecular flexibility index (Phi) is 5.94. The molecule has 2 aliphatic heterocycles. The van der Waals surface area contributed by atoms with E-state index in [4.69, 9.17) is 4.74 Å². The Morgan fingerprint density at radius 3 is 2.51 bits per heavy atom. The third-order valence-corrected chi connectivity index (χ3v) is 8.21. The Morgan fingerprint density at radius 2 is 1.80 bits per heavy atom. The molecule has 0 aromatic heterocycles. The van der Waals surface area contributed by atoms with Crippen molar-refractivity contribution in [2.45, 2.75) is 23.6 Å². The van der Waals surface area contributed by atoms with Crippen LogP contribution in [0.25, 0.3) is 11.1 Å². The lowest BCUT2D eigenvalue weighted by Crippen LogP contribution is -2.35. The zero-order valence-electron chi connectivity index (χ0n) is 19.2. The second kappa shape index (κ2) is 9.07. The Labute approximate surface area is 203 Å². The molecule has 0 spiro atoms. The molecular weight excluding hydrogens is 466 g/mol. The highest BCUT2D eigenvalue weighted by Gasteiger charge is 2.42. The molecule has 3 amide bonds. The molecule has 2 heterocycles. The highest BCUT2D eigenvalue weighted by atomic mass is 32.2. The van der Waals surface area contributed by atoms with Crippen LogP contribution >= 0.6 is 0 Å². The van der Waals surface area contributed by atoms with Crippen molar-refractivity contribution in [3.05, 3.63) is 77.9 Å². The van der Waals surface area contributed by atoms with Crippen LogP contribution in [0.2, 0.25) is 0 Å². The molecule has 0 saturated carbocycles. The van der Waals surface area contributed by atoms with Gasteiger partial charge in [-0.3, -0.25) is 9.69 Å². The number of nitrogens with one attached hydrogen (secondary N) is 2. The number of urea groups is 1. The topological polar surface area (TPSA) is 105 Å². The van der Waals surface area contributed by atoms with Crippen LogP contribution in [0.5, 0.6) is 5.75 Å². The van der Waals surface area contributed by atoms with Crippen molar-refractivity contribution in [1.82, 2.24) is 10.2 Å². The van der Waals surface area contributed by atoms with Gasteiger partial charge in [0.25, 0.3) is 5.91 Å². The molecule has 3 aromatic rings. The summed E-state index contributed by atoms with van der Waals surface area (Å²) in [5, 5.41) is 4.55. The van der Waals surface area contributed by atoms with Gasteiger partial charge in [0.2, 0.25) is 9.84 Å². The lowest BCUT2D eigenvalue weighted by molar-refractivity contribution is 0.0828. The van der Waals surface area contributed by atoms with Crippen LogP contribution in [-0.4, -0.2) is 50.3 Å². The number of imide groups is 1. The van der Waals surface area contributed by atoms with Crippen molar-refractivity contribution < 1.29 is 22.7 Å². The lowest BCUT2D eigenvalue weighted by Gasteiger charge is -2.18. The van der Waals surface area contributed by atoms with Crippen molar-refractivity contribution >= 4 is 27.5 Å². The molecular formula is C26H25N3O5S. The summed E-state index contributed by atoms with van der Waals surface area (Å²) < 4.78 is 33.0. The number of ether oxygens (including phenoxy) is 1. The average Bonchev–Trinajstić information content (AvgIpc) is 3.51. The smallest absolute Gasteiger partial charge is 0.325 e. The first-order valence-corrected chi connectivity index (χ1v) is 13.0. The van der Waals surface area contributed by atoms with Gasteiger partial charge < -0.3 is 15.4 Å². The van der Waals surface area contributed by atoms with Gasteiger partial charge in [0, 0.05) is 23.4 Å². The number of anilines is 1. The molecule has 5 rings (SSSR count). The second-order valence-electron chi connectivity index (χ2n) is 8.36. The Morgan fingerprint density at radius 1 is 1.06 bits per heavy atom. The zero-order chi connectivity index (χ0) is 24.6. The molecule has 1 fully saturated rings. The zero-order valence-corrected chi connectivity index (χ0v) is 20.0. The van der Waals surface area contributed by atoms with Gasteiger partial charge >= 0.3 is 6.03 Å². The minimum absolute atomic E-state index is 0.145. The van der Waals surface area contributed by atoms with Gasteiger partial charge in [-0.1, -0.05) is 30.3 Å². The molecule has 2 N–H and O–H groups in total. The number of fused-ring (bicyclic) bond motifs is 1. The number of carbonyl (C=O) groups is 2. The van der Waals surface area contributed by atoms with E-state index in [1.54, 1.807) is 36.4 Å². The van der Waals surface area contributed by atoms with Crippen LogP contribution in [0, 0.1) is 0 Å². The third-order valence-electron chi connectivity index (χ3n) is 6.24. The number of rotatable bonds is 6. The summed E-state index contributed by atoms with van der Waals surface area (Å²) in [6.45, 7) is 2.79. The maximum atomic E-state index is 13.8. The minimum atomic E-state index is -4.01. The van der Waals surface area contributed by atoms with Crippen LogP contribution in [-0.2, 0) is 16.3 Å². The maximum absolute atomic E-state index is 13.8. The maximum Gasteiger partial charge on any atom is 0.325 e. The van der Waals surface area contributed by atoms with Gasteiger partial charge in [0.15, 0.2) is 5.37 Å². The molecule has 180 valence electrons. The van der Waals surface area contributed by atoms with E-state index in [1.807, 2.05) is 37.3 Å². The molecule has 8 nitrogen and oxygen atoms in total. The summed E-state index contributed by atoms with van der Waals surface area (Å²) >= 11 is 0. The van der Waals surface area contributed by atoms with E-state index < -0.39 is 27.1 Å². The summed E-state index contributed by atoms with van der Waals surface area (Å²) in [7, 11) is -4.01. The van der Waals surface area contributed by atoms with Crippen LogP contribution in [0.4, 0.5) is 10.5 Å². The van der Waals surface area contributed by atoms with Crippen molar-refractivity contribution in [2.24, 2.45) is 0 Å². The van der Waals surface area contributed by atoms with Crippen molar-refractivity contribution in [1.29, 1.82) is 0 Å². The van der Waals surface area contributed by atoms with Gasteiger partial charge in [0.1, 0.15) is 5.75 Å². The normalized spacial score (nSPS) is 17.0. The van der Waals surface area contributed by atoms with E-state index in [1.165, 1.54) is 0 Å². The van der Waals surface area contributed by atoms with Gasteiger partial charge in [-0.05, 0) is 60.9 Å². The Hall–Kier alpha value is -3.85. The van der Waals surface area contributed by atoms with E-state index >= 15 is 0 Å². The fourth-order valence-corrected chi connectivity index (χ4v) is 6.25. The molecule has 9 heteroatoms. The molecule has 1 atom stereocenters. The van der Waals surface area contributed by atoms with Crippen LogP contribution in [0.1, 0.15) is 22.8 Å². The highest BCUT2D eigenvalue weighted by molar-refractivity contribution is 7.92. The fraction of sp³-hybridized carbons (Fsp3) is 0.231. The number of nitrogens with zero attached hydrogens (tertiary/aromatic N) is 1. The number of amides is 3. The van der Waals surface area contributed by atoms with Gasteiger partial charge in [-0.2, -0.15) is 0 Å². The van der Waals surface area contributed by atoms with Gasteiger partial charge in [0.05, 0.1) is 18.0 Å². The largest absolute Gasteiger partial charge is 0.494 e. The summed E-state index contributed by atoms with van der Waals surface area (Å²) in [5.74, 6) is 0.0413. The number of sulfone groups is 1. The van der Waals surface area contributed by atoms with E-state index in [0.717, 1.165) is 28.3 Å². The van der Waals surface area contributed by atoms with Crippen LogP contribution < -0.4 is 15.4 Å². The first kappa shape index (κ1) is 22.9. The number of hydrogen-bond donors (Lipinski definition) is 2. The van der Waals surface area contributed by atoms with Crippen molar-refractivity contribution in [3.63, 3.8) is 0 Å². The SMILES string of the molecule is CCOc1ccc(C(=O)N2CC(S(=O)(=O)c3ccc4c(c3-c3ccccc3)CCN4)NC2=O)cc1. The number of carbonyl (C=O) groups excluding carboxylic acids is 2. The molecule has 2 aliphatic rings. The molecule has 35 heavy (non-hydrogen) atoms. The van der Waals surface area contributed by atoms with E-state index in [9.17, 15) is 18.0 Å². The predicted octanol–water partition coefficient (Wildman–Crippen LogP) is 3.69. The molecule has 0 bridgehead atoms. The molecule has 1 unspecified atom stereocenters. The minimum Gasteiger partial charge on any atom is -0.494 e. The lowest BCUT2D eigenvalue weighted by atomic mass is 9.98. The monoisotopic (exact) mass is 491 g/mol. The molecule has 1 saturated heterocycles. The Balaban J connectivity index is 1.47. The van der Waals surface area contributed by atoms with Crippen LogP contribution in [0.15, 0.2) is 71.6 Å². The summed E-state index contributed by atoms with van der Waals surface area (Å²) in [5.41, 5.74) is 3.54. The molecule has 0 radical (unpaired) electrons. The summed E-state index contributed by atoms with van der Waals surface area (Å²) in [6.07, 6.45) is 0.697. The first-order chi connectivity index (χ1) is 16.9. The average molecular weight is 492 g/mol. The van der Waals surface area contributed by atoms with Gasteiger partial charge in [-0.25, -0.2) is 13.2 Å². The van der Waals surface area contributed by atoms with Gasteiger partial charge in [-0.15, -0.1) is 0 Å². The number of hydrogen-bond acceptors (Lipinski definition) is 6. The van der Waals surface area contributed by atoms with Crippen LogP contribution in [0.3, 0.4) is 0 Å². The van der Waals surface area contributed by atoms with Crippen molar-refractivity contribution in [2.75, 3.05) is 25.0 Å². The standard InChI is InChI=1S/C26H25N3O5S/c1-2-34-19-10-8-18(9-11-19)25(30)29-16-23(28-26(29)31)35(32,33)22-13-12-21-20(14-15-27-21)24(22)17-6-4-3-5-7-17/h3-13,23,27H,2,14-16H2,1H3,(H,28,31).